The smallest absolute Gasteiger partial charge is 0.409 e. The summed E-state index contributed by atoms with van der Waals surface area (Å²) in [4.78, 5) is 148. The van der Waals surface area contributed by atoms with E-state index in [1.165, 1.54) is 40.1 Å². The zero-order valence-electron chi connectivity index (χ0n) is 53.4. The number of Topliss-reactive ketones (excluding diaryl/α,β-unsaturated/α-hetero) is 2. The van der Waals surface area contributed by atoms with Crippen LogP contribution >= 0.6 is 23.4 Å². The highest BCUT2D eigenvalue weighted by Gasteiger charge is 2.64. The van der Waals surface area contributed by atoms with Gasteiger partial charge in [-0.3, -0.25) is 48.5 Å². The summed E-state index contributed by atoms with van der Waals surface area (Å²) in [5.74, 6) is -7.86. The van der Waals surface area contributed by atoms with Gasteiger partial charge in [-0.1, -0.05) is 42.3 Å². The van der Waals surface area contributed by atoms with Crippen LogP contribution in [0.5, 0.6) is 5.75 Å². The van der Waals surface area contributed by atoms with Crippen molar-refractivity contribution in [3.8, 4) is 5.75 Å². The molecule has 4 heterocycles. The number of anilines is 1. The van der Waals surface area contributed by atoms with Gasteiger partial charge in [0.25, 0.3) is 0 Å². The van der Waals surface area contributed by atoms with E-state index < -0.39 is 143 Å². The van der Waals surface area contributed by atoms with E-state index in [1.54, 1.807) is 45.2 Å². The third-order valence-electron chi connectivity index (χ3n) is 16.9. The van der Waals surface area contributed by atoms with Crippen molar-refractivity contribution in [1.29, 1.82) is 0 Å². The Morgan fingerprint density at radius 1 is 0.978 bits per heavy atom. The third kappa shape index (κ3) is 20.4. The number of ketones is 2. The first-order chi connectivity index (χ1) is 43.6. The summed E-state index contributed by atoms with van der Waals surface area (Å²) in [7, 11) is 7.29. The molecular formula is C61H88ClN9O20S. The molecule has 5 unspecified atom stereocenters. The topological polar surface area (TPSA) is 390 Å². The Kier molecular flexibility index (Phi) is 27.8. The SMILES string of the molecule is COCCOCCNC(=O)C1CC(NC(=O)CCOCCNC(=O)C(CC(N)=O)NC(=O)CC2C(=O)CC(SCCC(=O)N(C)[C@@H](C)C(=O)O[C@H]3CC(=O)N(C)c4cc(cc(OC)c4Cl)C/C(C)=C/C=C/[C@@H](OC)[C@@]4(O)C[C@H](OC(=O)N4)[C@@H](C)[C@@H]4O[C@@]34C)C2=O)CN1. The number of benzene rings is 1. The van der Waals surface area contributed by atoms with E-state index in [1.807, 2.05) is 13.0 Å². The molecule has 5 aliphatic rings. The van der Waals surface area contributed by atoms with Crippen LogP contribution in [-0.4, -0.2) is 234 Å². The number of likely N-dealkylation sites (N-methyl/N-ethyl adjacent to an activating group) is 1. The molecule has 6 rings (SSSR count). The summed E-state index contributed by atoms with van der Waals surface area (Å²) in [6.45, 7) is 8.51. The number of carbonyl (C=O) groups is 11. The number of hydrogen-bond acceptors (Lipinski definition) is 22. The van der Waals surface area contributed by atoms with Crippen molar-refractivity contribution in [3.05, 3.63) is 46.5 Å². The van der Waals surface area contributed by atoms with E-state index in [-0.39, 0.29) is 74.1 Å². The number of nitrogens with zero attached hydrogens (tertiary/aromatic N) is 2. The van der Waals surface area contributed by atoms with Crippen LogP contribution in [0.3, 0.4) is 0 Å². The molecular weight excluding hydrogens is 1250 g/mol. The number of carbonyl (C=O) groups excluding carboxylic acids is 11. The van der Waals surface area contributed by atoms with E-state index >= 15 is 0 Å². The molecule has 31 heteroatoms. The van der Waals surface area contributed by atoms with Crippen LogP contribution in [0.25, 0.3) is 0 Å². The summed E-state index contributed by atoms with van der Waals surface area (Å²) in [6.07, 6.45) is -1.34. The van der Waals surface area contributed by atoms with Gasteiger partial charge in [0.2, 0.25) is 41.4 Å². The standard InChI is InChI=1S/C61H88ClN9O20S/c1-33-11-10-12-46(86-9)61(83)31-44(89-59(82)69-61)34(2)55-60(4,91-55)47(30-52(77)71(6)41-24-36(23-33)25-43(85-8)53(41)62)90-58(81)35(3)70(5)51(76)14-22-92-45-29-42(72)38(54(45)78)27-50(75)68-40(28-48(63)73)57(80)65-15-18-87-17-13-49(74)67-37-26-39(66-32-37)56(79)64-16-19-88-21-20-84-7/h10-12,24-25,34-35,37-40,44-47,55,66,83H,13-23,26-32H2,1-9H3,(H2,63,73)(H,64,79)(H,65,80)(H,67,74)(H,68,75)(H,69,82)/b12-10+,33-11+/t34-,35+,37?,38?,39?,40?,44+,45?,46-,47+,55+,60+,61+/m1/s1. The fourth-order valence-corrected chi connectivity index (χ4v) is 12.8. The summed E-state index contributed by atoms with van der Waals surface area (Å²) in [5, 5.41) is 27.2. The van der Waals surface area contributed by atoms with Crippen molar-refractivity contribution >= 4 is 94.0 Å². The maximum Gasteiger partial charge on any atom is 0.409 e. The third-order valence-corrected chi connectivity index (χ3v) is 18.5. The first-order valence-corrected chi connectivity index (χ1v) is 31.9. The number of allylic oxidation sites excluding steroid dienone is 3. The number of esters is 1. The molecule has 13 atom stereocenters. The zero-order chi connectivity index (χ0) is 67.6. The number of primary amides is 1. The van der Waals surface area contributed by atoms with Gasteiger partial charge in [0.15, 0.2) is 11.5 Å². The number of nitrogens with one attached hydrogen (secondary N) is 6. The van der Waals surface area contributed by atoms with Crippen LogP contribution in [0.4, 0.5) is 10.5 Å². The number of methoxy groups -OCH3 is 3. The molecule has 1 aromatic rings. The van der Waals surface area contributed by atoms with Gasteiger partial charge in [-0.2, -0.15) is 0 Å². The molecule has 510 valence electrons. The quantitative estimate of drug-likeness (QED) is 0.0228. The molecule has 1 aromatic carbocycles. The first-order valence-electron chi connectivity index (χ1n) is 30.5. The maximum absolute atomic E-state index is 14.4. The van der Waals surface area contributed by atoms with Gasteiger partial charge in [-0.25, -0.2) is 9.59 Å². The Bertz CT molecular complexity index is 2940. The highest BCUT2D eigenvalue weighted by molar-refractivity contribution is 8.00. The Hall–Kier alpha value is -6.77. The highest BCUT2D eigenvalue weighted by Crippen LogP contribution is 2.49. The van der Waals surface area contributed by atoms with E-state index in [9.17, 15) is 57.8 Å². The average molecular weight is 1330 g/mol. The lowest BCUT2D eigenvalue weighted by Gasteiger charge is -2.42. The second-order valence-corrected chi connectivity index (χ2v) is 25.3. The molecule has 0 spiro atoms. The van der Waals surface area contributed by atoms with Gasteiger partial charge in [-0.05, 0) is 51.3 Å². The molecule has 0 radical (unpaired) electrons. The molecule has 92 heavy (non-hydrogen) atoms. The number of amides is 8. The lowest BCUT2D eigenvalue weighted by molar-refractivity contribution is -0.162. The molecule has 4 bridgehead atoms. The van der Waals surface area contributed by atoms with Gasteiger partial charge >= 0.3 is 12.1 Å². The van der Waals surface area contributed by atoms with Crippen molar-refractivity contribution in [2.75, 3.05) is 98.7 Å². The molecule has 1 saturated carbocycles. The second-order valence-electron chi connectivity index (χ2n) is 23.6. The fourth-order valence-electron chi connectivity index (χ4n) is 11.3. The number of nitrogens with two attached hydrogens (primary N) is 1. The largest absolute Gasteiger partial charge is 0.495 e. The van der Waals surface area contributed by atoms with Gasteiger partial charge in [0.05, 0.1) is 82.0 Å². The number of hydrogen-bond donors (Lipinski definition) is 8. The second kappa shape index (κ2) is 34.4. The van der Waals surface area contributed by atoms with Crippen molar-refractivity contribution < 1.29 is 95.7 Å². The summed E-state index contributed by atoms with van der Waals surface area (Å²) in [6, 6.07) is 0.0428. The van der Waals surface area contributed by atoms with Crippen molar-refractivity contribution in [3.63, 3.8) is 0 Å². The average Bonchev–Trinajstić information content (AvgIpc) is 1.57. The maximum atomic E-state index is 14.4. The van der Waals surface area contributed by atoms with E-state index in [2.05, 4.69) is 31.9 Å². The van der Waals surface area contributed by atoms with Gasteiger partial charge in [-0.15, -0.1) is 11.8 Å². The summed E-state index contributed by atoms with van der Waals surface area (Å²) < 4.78 is 45.2. The van der Waals surface area contributed by atoms with E-state index in [0.717, 1.165) is 27.8 Å². The molecule has 1 aliphatic carbocycles. The monoisotopic (exact) mass is 1330 g/mol. The minimum absolute atomic E-state index is 0.000566. The van der Waals surface area contributed by atoms with Crippen molar-refractivity contribution in [1.82, 2.24) is 36.8 Å². The van der Waals surface area contributed by atoms with Crippen molar-refractivity contribution in [2.24, 2.45) is 17.6 Å². The number of fused-ring (bicyclic) bond motifs is 5. The molecule has 3 saturated heterocycles. The summed E-state index contributed by atoms with van der Waals surface area (Å²) >= 11 is 7.84. The lowest BCUT2D eigenvalue weighted by atomic mass is 9.83. The first kappa shape index (κ1) is 74.3. The normalized spacial score (nSPS) is 28.0. The predicted molar refractivity (Wildman–Crippen MR) is 333 cm³/mol. The van der Waals surface area contributed by atoms with Gasteiger partial charge in [0, 0.05) is 97.8 Å². The van der Waals surface area contributed by atoms with Crippen LogP contribution < -0.4 is 47.3 Å². The Morgan fingerprint density at radius 3 is 2.39 bits per heavy atom. The number of halogens is 1. The summed E-state index contributed by atoms with van der Waals surface area (Å²) in [5.41, 5.74) is 3.99. The predicted octanol–water partition coefficient (Wildman–Crippen LogP) is 0.0636. The fraction of sp³-hybridized carbons (Fsp3) is 0.656. The molecule has 0 aromatic heterocycles. The number of alkyl carbamates (subject to hydrolysis) is 1. The number of ether oxygens (including phenoxy) is 8. The molecule has 4 fully saturated rings. The zero-order valence-corrected chi connectivity index (χ0v) is 55.0. The Balaban J connectivity index is 0.979. The number of epoxide rings is 1. The van der Waals surface area contributed by atoms with E-state index in [4.69, 9.17) is 55.2 Å². The van der Waals surface area contributed by atoms with Crippen LogP contribution in [0.2, 0.25) is 5.02 Å². The molecule has 29 nitrogen and oxygen atoms in total. The highest BCUT2D eigenvalue weighted by atomic mass is 35.5. The molecule has 8 amide bonds. The minimum atomic E-state index is -1.92. The molecule has 9 N–H and O–H groups in total. The Labute approximate surface area is 543 Å². The van der Waals surface area contributed by atoms with Crippen LogP contribution in [-0.2, 0) is 87.5 Å². The van der Waals surface area contributed by atoms with Crippen LogP contribution in [0.15, 0.2) is 35.9 Å². The van der Waals surface area contributed by atoms with Gasteiger partial charge < -0.3 is 85.1 Å². The molecule has 4 aliphatic heterocycles. The number of aliphatic hydroxyl groups is 1. The minimum Gasteiger partial charge on any atom is -0.495 e. The number of rotatable bonds is 29. The van der Waals surface area contributed by atoms with Crippen LogP contribution in [0, 0.1) is 11.8 Å². The lowest BCUT2D eigenvalue weighted by Crippen LogP contribution is -2.63. The van der Waals surface area contributed by atoms with Gasteiger partial charge in [0.1, 0.15) is 52.6 Å². The Morgan fingerprint density at radius 2 is 1.70 bits per heavy atom. The number of thioether (sulfide) groups is 1. The van der Waals surface area contributed by atoms with Crippen molar-refractivity contribution in [2.45, 2.75) is 151 Å². The van der Waals surface area contributed by atoms with E-state index in [0.29, 0.717) is 57.2 Å². The van der Waals surface area contributed by atoms with Crippen LogP contribution in [0.1, 0.15) is 84.6 Å².